The predicted molar refractivity (Wildman–Crippen MR) is 75.3 cm³/mol. The molecule has 0 aromatic heterocycles. The Hall–Kier alpha value is -1.86. The molecule has 2 N–H and O–H groups in total. The SMILES string of the molecule is COc1cc(F)c(NC(=O)[C@H]2NCCO[C@@H]2C)cc1OC. The minimum atomic E-state index is -0.592. The minimum absolute atomic E-state index is 0.0391. The van der Waals surface area contributed by atoms with Gasteiger partial charge in [0.1, 0.15) is 6.04 Å². The highest BCUT2D eigenvalue weighted by atomic mass is 19.1. The number of carbonyl (C=O) groups is 1. The van der Waals surface area contributed by atoms with Gasteiger partial charge in [0.05, 0.1) is 32.6 Å². The lowest BCUT2D eigenvalue weighted by molar-refractivity contribution is -0.123. The molecule has 0 spiro atoms. The van der Waals surface area contributed by atoms with Crippen LogP contribution in [0.5, 0.6) is 11.5 Å². The van der Waals surface area contributed by atoms with E-state index >= 15 is 0 Å². The zero-order chi connectivity index (χ0) is 15.4. The van der Waals surface area contributed by atoms with Crippen LogP contribution in [0.4, 0.5) is 10.1 Å². The molecule has 7 heteroatoms. The second kappa shape index (κ2) is 6.73. The second-order valence-electron chi connectivity index (χ2n) is 4.68. The van der Waals surface area contributed by atoms with Crippen LogP contribution in [0, 0.1) is 5.82 Å². The summed E-state index contributed by atoms with van der Waals surface area (Å²) in [6.07, 6.45) is -0.276. The summed E-state index contributed by atoms with van der Waals surface area (Å²) >= 11 is 0. The standard InChI is InChI=1S/C14H19FN2O4/c1-8-13(16-4-5-21-8)14(18)17-10-7-12(20-3)11(19-2)6-9(10)15/h6-8,13,16H,4-5H2,1-3H3,(H,17,18)/t8-,13+/m1/s1. The third-order valence-corrected chi connectivity index (χ3v) is 3.33. The molecule has 1 amide bonds. The van der Waals surface area contributed by atoms with Gasteiger partial charge in [-0.15, -0.1) is 0 Å². The number of ether oxygens (including phenoxy) is 3. The van der Waals surface area contributed by atoms with Gasteiger partial charge in [0.15, 0.2) is 17.3 Å². The summed E-state index contributed by atoms with van der Waals surface area (Å²) in [7, 11) is 2.86. The van der Waals surface area contributed by atoms with Crippen molar-refractivity contribution in [3.05, 3.63) is 17.9 Å². The Morgan fingerprint density at radius 1 is 1.38 bits per heavy atom. The van der Waals surface area contributed by atoms with Gasteiger partial charge in [-0.05, 0) is 6.92 Å². The van der Waals surface area contributed by atoms with Crippen molar-refractivity contribution in [2.45, 2.75) is 19.1 Å². The first-order valence-electron chi connectivity index (χ1n) is 6.64. The maximum absolute atomic E-state index is 14.0. The van der Waals surface area contributed by atoms with Crippen molar-refractivity contribution in [3.63, 3.8) is 0 Å². The average molecular weight is 298 g/mol. The lowest BCUT2D eigenvalue weighted by Gasteiger charge is -2.29. The van der Waals surface area contributed by atoms with Gasteiger partial charge in [-0.3, -0.25) is 4.79 Å². The topological polar surface area (TPSA) is 68.8 Å². The number of rotatable bonds is 4. The number of carbonyl (C=O) groups excluding carboxylic acids is 1. The summed E-state index contributed by atoms with van der Waals surface area (Å²) < 4.78 is 29.5. The van der Waals surface area contributed by atoms with Crippen molar-refractivity contribution in [2.75, 3.05) is 32.7 Å². The molecular weight excluding hydrogens is 279 g/mol. The van der Waals surface area contributed by atoms with E-state index in [1.165, 1.54) is 26.4 Å². The predicted octanol–water partition coefficient (Wildman–Crippen LogP) is 1.16. The smallest absolute Gasteiger partial charge is 0.244 e. The number of hydrogen-bond donors (Lipinski definition) is 2. The fourth-order valence-corrected chi connectivity index (χ4v) is 2.19. The fraction of sp³-hybridized carbons (Fsp3) is 0.500. The zero-order valence-electron chi connectivity index (χ0n) is 12.2. The first-order valence-corrected chi connectivity index (χ1v) is 6.64. The second-order valence-corrected chi connectivity index (χ2v) is 4.68. The van der Waals surface area contributed by atoms with E-state index in [2.05, 4.69) is 10.6 Å². The van der Waals surface area contributed by atoms with Gasteiger partial charge in [-0.1, -0.05) is 0 Å². The van der Waals surface area contributed by atoms with Crippen LogP contribution in [0.25, 0.3) is 0 Å². The van der Waals surface area contributed by atoms with E-state index in [1.807, 2.05) is 0 Å². The van der Waals surface area contributed by atoms with Gasteiger partial charge in [-0.2, -0.15) is 0 Å². The number of morpholine rings is 1. The Balaban J connectivity index is 2.16. The van der Waals surface area contributed by atoms with Gasteiger partial charge in [0, 0.05) is 18.7 Å². The van der Waals surface area contributed by atoms with Gasteiger partial charge in [-0.25, -0.2) is 4.39 Å². The Bertz CT molecular complexity index is 524. The molecule has 21 heavy (non-hydrogen) atoms. The van der Waals surface area contributed by atoms with Gasteiger partial charge in [0.25, 0.3) is 0 Å². The van der Waals surface area contributed by atoms with E-state index in [4.69, 9.17) is 14.2 Å². The summed E-state index contributed by atoms with van der Waals surface area (Å²) in [6, 6.07) is 2.04. The molecule has 1 fully saturated rings. The van der Waals surface area contributed by atoms with E-state index in [0.29, 0.717) is 18.9 Å². The monoisotopic (exact) mass is 298 g/mol. The third-order valence-electron chi connectivity index (χ3n) is 3.33. The van der Waals surface area contributed by atoms with E-state index in [1.54, 1.807) is 6.92 Å². The Kier molecular flexibility index (Phi) is 4.98. The van der Waals surface area contributed by atoms with Crippen molar-refractivity contribution < 1.29 is 23.4 Å². The van der Waals surface area contributed by atoms with Crippen molar-refractivity contribution >= 4 is 11.6 Å². The Morgan fingerprint density at radius 3 is 2.67 bits per heavy atom. The maximum atomic E-state index is 14.0. The van der Waals surface area contributed by atoms with Crippen LogP contribution in [0.1, 0.15) is 6.92 Å². The Morgan fingerprint density at radius 2 is 2.05 bits per heavy atom. The molecule has 6 nitrogen and oxygen atoms in total. The summed E-state index contributed by atoms with van der Waals surface area (Å²) in [5.74, 6) is -0.339. The molecule has 1 aliphatic rings. The lowest BCUT2D eigenvalue weighted by atomic mass is 10.1. The van der Waals surface area contributed by atoms with Crippen LogP contribution in [-0.4, -0.2) is 45.4 Å². The molecule has 0 unspecified atom stereocenters. The molecule has 0 bridgehead atoms. The van der Waals surface area contributed by atoms with Gasteiger partial charge >= 0.3 is 0 Å². The number of nitrogens with one attached hydrogen (secondary N) is 2. The summed E-state index contributed by atoms with van der Waals surface area (Å²) in [5.41, 5.74) is 0.0391. The third kappa shape index (κ3) is 3.43. The number of anilines is 1. The molecule has 2 rings (SSSR count). The van der Waals surface area contributed by atoms with E-state index < -0.39 is 11.9 Å². The summed E-state index contributed by atoms with van der Waals surface area (Å²) in [5, 5.41) is 5.59. The number of hydrogen-bond acceptors (Lipinski definition) is 5. The largest absolute Gasteiger partial charge is 0.493 e. The van der Waals surface area contributed by atoms with Crippen LogP contribution in [-0.2, 0) is 9.53 Å². The van der Waals surface area contributed by atoms with Crippen molar-refractivity contribution in [1.29, 1.82) is 0 Å². The molecule has 0 aliphatic carbocycles. The van der Waals surface area contributed by atoms with Crippen molar-refractivity contribution in [3.8, 4) is 11.5 Å². The van der Waals surface area contributed by atoms with Crippen molar-refractivity contribution in [2.24, 2.45) is 0 Å². The van der Waals surface area contributed by atoms with E-state index in [0.717, 1.165) is 0 Å². The molecule has 1 aromatic rings. The number of benzene rings is 1. The van der Waals surface area contributed by atoms with Crippen molar-refractivity contribution in [1.82, 2.24) is 5.32 Å². The zero-order valence-corrected chi connectivity index (χ0v) is 12.2. The first-order chi connectivity index (χ1) is 10.1. The van der Waals surface area contributed by atoms with Crippen LogP contribution < -0.4 is 20.1 Å². The van der Waals surface area contributed by atoms with Gasteiger partial charge in [0.2, 0.25) is 5.91 Å². The molecule has 1 aliphatic heterocycles. The molecule has 116 valence electrons. The molecule has 0 saturated carbocycles. The lowest BCUT2D eigenvalue weighted by Crippen LogP contribution is -2.53. The number of methoxy groups -OCH3 is 2. The number of halogens is 1. The normalized spacial score (nSPS) is 21.7. The van der Waals surface area contributed by atoms with E-state index in [9.17, 15) is 9.18 Å². The minimum Gasteiger partial charge on any atom is -0.493 e. The molecular formula is C14H19FN2O4. The fourth-order valence-electron chi connectivity index (χ4n) is 2.19. The molecule has 2 atom stereocenters. The highest BCUT2D eigenvalue weighted by Gasteiger charge is 2.29. The number of amides is 1. The highest BCUT2D eigenvalue weighted by molar-refractivity contribution is 5.95. The quantitative estimate of drug-likeness (QED) is 0.873. The van der Waals surface area contributed by atoms with Crippen LogP contribution >= 0.6 is 0 Å². The molecule has 0 radical (unpaired) electrons. The highest BCUT2D eigenvalue weighted by Crippen LogP contribution is 2.32. The molecule has 1 aromatic carbocycles. The molecule has 1 saturated heterocycles. The molecule has 1 heterocycles. The average Bonchev–Trinajstić information content (AvgIpc) is 2.49. The van der Waals surface area contributed by atoms with Crippen LogP contribution in [0.3, 0.4) is 0 Å². The first kappa shape index (κ1) is 15.5. The summed E-state index contributed by atoms with van der Waals surface area (Å²) in [4.78, 5) is 12.2. The van der Waals surface area contributed by atoms with Crippen LogP contribution in [0.15, 0.2) is 12.1 Å². The maximum Gasteiger partial charge on any atom is 0.244 e. The summed E-state index contributed by atoms with van der Waals surface area (Å²) in [6.45, 7) is 2.92. The van der Waals surface area contributed by atoms with E-state index in [-0.39, 0.29) is 23.4 Å². The van der Waals surface area contributed by atoms with Gasteiger partial charge < -0.3 is 24.8 Å². The van der Waals surface area contributed by atoms with Crippen LogP contribution in [0.2, 0.25) is 0 Å². The Labute approximate surface area is 122 Å².